The van der Waals surface area contributed by atoms with E-state index in [9.17, 15) is 9.36 Å². The minimum absolute atomic E-state index is 0.106. The Morgan fingerprint density at radius 3 is 2.02 bits per heavy atom. The Hall–Kier alpha value is -2.91. The van der Waals surface area contributed by atoms with Gasteiger partial charge in [-0.3, -0.25) is 13.6 Å². The lowest BCUT2D eigenvalue weighted by atomic mass is 9.93. The van der Waals surface area contributed by atoms with Gasteiger partial charge in [-0.25, -0.2) is 9.36 Å². The highest BCUT2D eigenvalue weighted by molar-refractivity contribution is 7.71. The van der Waals surface area contributed by atoms with Crippen molar-refractivity contribution in [3.63, 3.8) is 0 Å². The molecule has 0 N–H and O–H groups in total. The molecule has 3 aromatic rings. The summed E-state index contributed by atoms with van der Waals surface area (Å²) in [6.45, 7) is 5.14. The summed E-state index contributed by atoms with van der Waals surface area (Å²) in [7, 11) is -2.60. The lowest BCUT2D eigenvalue weighted by molar-refractivity contribution is -0.181. The second kappa shape index (κ2) is 17.4. The number of ether oxygens (including phenoxy) is 1. The normalized spacial score (nSPS) is 13.6. The fraction of sp³-hybridized carbons (Fsp3) is 0.394. The number of hydrogen-bond donors (Lipinski definition) is 0. The highest BCUT2D eigenvalue weighted by Gasteiger charge is 2.48. The Balaban J connectivity index is 1.74. The lowest BCUT2D eigenvalue weighted by Crippen LogP contribution is -2.53. The van der Waals surface area contributed by atoms with Crippen molar-refractivity contribution in [1.29, 1.82) is 0 Å². The predicted octanol–water partition coefficient (Wildman–Crippen LogP) is 8.23. The van der Waals surface area contributed by atoms with Crippen LogP contribution in [-0.2, 0) is 27.7 Å². The zero-order valence-corrected chi connectivity index (χ0v) is 27.1. The summed E-state index contributed by atoms with van der Waals surface area (Å²) in [5, 5.41) is 0. The van der Waals surface area contributed by atoms with Crippen LogP contribution < -0.4 is 4.84 Å². The molecule has 0 aliphatic carbocycles. The van der Waals surface area contributed by atoms with Crippen LogP contribution in [0.5, 0.6) is 0 Å². The third kappa shape index (κ3) is 10.1. The molecule has 0 amide bonds. The minimum atomic E-state index is -3.98. The van der Waals surface area contributed by atoms with Crippen LogP contribution in [0, 0.1) is 4.64 Å². The van der Waals surface area contributed by atoms with E-state index in [-0.39, 0.29) is 13.2 Å². The third-order valence-electron chi connectivity index (χ3n) is 6.93. The van der Waals surface area contributed by atoms with Gasteiger partial charge in [0.25, 0.3) is 0 Å². The van der Waals surface area contributed by atoms with E-state index in [1.54, 1.807) is 39.0 Å². The van der Waals surface area contributed by atoms with Gasteiger partial charge in [0.05, 0.1) is 13.2 Å². The molecule has 0 aliphatic rings. The highest BCUT2D eigenvalue weighted by atomic mass is 32.1. The molecule has 0 radical (unpaired) electrons. The molecule has 3 rings (SSSR count). The van der Waals surface area contributed by atoms with Gasteiger partial charge in [0, 0.05) is 13.3 Å². The quantitative estimate of drug-likeness (QED) is 0.0792. The lowest BCUT2D eigenvalue weighted by Gasteiger charge is -2.35. The molecule has 10 heteroatoms. The first-order valence-electron chi connectivity index (χ1n) is 14.6. The minimum Gasteiger partial charge on any atom is -0.364 e. The molecule has 8 nitrogen and oxygen atoms in total. The number of carbonyl (C=O) groups excluding carboxylic acids is 1. The Labute approximate surface area is 260 Å². The number of phosphoric acid groups is 1. The van der Waals surface area contributed by atoms with E-state index in [1.165, 1.54) is 23.6 Å². The first-order valence-corrected chi connectivity index (χ1v) is 16.5. The van der Waals surface area contributed by atoms with Crippen LogP contribution in [0.1, 0.15) is 64.0 Å². The molecule has 232 valence electrons. The van der Waals surface area contributed by atoms with Crippen LogP contribution in [-0.4, -0.2) is 42.7 Å². The molecule has 1 heterocycles. The van der Waals surface area contributed by atoms with Crippen molar-refractivity contribution in [3.05, 3.63) is 107 Å². The van der Waals surface area contributed by atoms with E-state index in [0.29, 0.717) is 17.5 Å². The van der Waals surface area contributed by atoms with E-state index in [0.717, 1.165) is 30.4 Å². The molecule has 0 aliphatic heterocycles. The average molecular weight is 628 g/mol. The maximum Gasteiger partial charge on any atom is 0.475 e. The molecule has 0 spiro atoms. The van der Waals surface area contributed by atoms with Gasteiger partial charge in [-0.2, -0.15) is 4.73 Å². The molecule has 0 bridgehead atoms. The largest absolute Gasteiger partial charge is 0.475 e. The Kier molecular flexibility index (Phi) is 14.0. The summed E-state index contributed by atoms with van der Waals surface area (Å²) in [6, 6.07) is 25.7. The standard InChI is InChI=1S/C33H42NO7PS/c1-5-38-42(36,39-6-2)41-30(33(3,37-4)32(35)40-34-26-18-17-25-31(34)43)24-16-8-7-15-23-29(27-19-11-9-12-20-27)28-21-13-10-14-22-28/h9-14,17-23,25-26,30H,5-8,15-16,24H2,1-4H3. The maximum absolute atomic E-state index is 13.5. The summed E-state index contributed by atoms with van der Waals surface area (Å²) in [5.74, 6) is -0.750. The number of methoxy groups -OCH3 is 1. The Morgan fingerprint density at radius 1 is 0.907 bits per heavy atom. The van der Waals surface area contributed by atoms with Crippen LogP contribution >= 0.6 is 20.0 Å². The van der Waals surface area contributed by atoms with Crippen molar-refractivity contribution in [1.82, 2.24) is 4.73 Å². The number of phosphoric ester groups is 1. The van der Waals surface area contributed by atoms with Gasteiger partial charge in [-0.1, -0.05) is 97.9 Å². The van der Waals surface area contributed by atoms with Gasteiger partial charge in [-0.15, -0.1) is 0 Å². The number of aromatic nitrogens is 1. The van der Waals surface area contributed by atoms with E-state index in [1.807, 2.05) is 36.4 Å². The number of allylic oxidation sites excluding steroid dienone is 1. The van der Waals surface area contributed by atoms with E-state index in [4.69, 9.17) is 35.4 Å². The average Bonchev–Trinajstić information content (AvgIpc) is 3.02. The molecular weight excluding hydrogens is 585 g/mol. The van der Waals surface area contributed by atoms with Gasteiger partial charge in [0.1, 0.15) is 10.7 Å². The summed E-state index contributed by atoms with van der Waals surface area (Å²) >= 11 is 5.27. The summed E-state index contributed by atoms with van der Waals surface area (Å²) in [6.07, 6.45) is 6.40. The first-order chi connectivity index (χ1) is 20.8. The third-order valence-corrected chi connectivity index (χ3v) is 8.91. The number of rotatable bonds is 18. The number of hydrogen-bond acceptors (Lipinski definition) is 8. The maximum atomic E-state index is 13.5. The topological polar surface area (TPSA) is 85.2 Å². The fourth-order valence-electron chi connectivity index (χ4n) is 4.55. The van der Waals surface area contributed by atoms with Crippen molar-refractivity contribution in [2.75, 3.05) is 20.3 Å². The van der Waals surface area contributed by atoms with Crippen LogP contribution in [0.15, 0.2) is 91.1 Å². The van der Waals surface area contributed by atoms with Crippen molar-refractivity contribution < 1.29 is 32.5 Å². The van der Waals surface area contributed by atoms with Crippen LogP contribution in [0.25, 0.3) is 5.57 Å². The van der Waals surface area contributed by atoms with Gasteiger partial charge >= 0.3 is 13.8 Å². The van der Waals surface area contributed by atoms with Gasteiger partial charge in [0.2, 0.25) is 0 Å². The fourth-order valence-corrected chi connectivity index (χ4v) is 6.17. The molecule has 0 fully saturated rings. The van der Waals surface area contributed by atoms with Crippen LogP contribution in [0.4, 0.5) is 0 Å². The van der Waals surface area contributed by atoms with Gasteiger partial charge in [-0.05, 0) is 68.9 Å². The second-order valence-corrected chi connectivity index (χ2v) is 12.0. The van der Waals surface area contributed by atoms with Crippen molar-refractivity contribution in [2.45, 2.75) is 64.6 Å². The smallest absolute Gasteiger partial charge is 0.364 e. The predicted molar refractivity (Wildman–Crippen MR) is 171 cm³/mol. The van der Waals surface area contributed by atoms with Crippen molar-refractivity contribution >= 4 is 31.6 Å². The first kappa shape index (κ1) is 34.6. The molecule has 2 aromatic carbocycles. The Morgan fingerprint density at radius 2 is 1.49 bits per heavy atom. The van der Waals surface area contributed by atoms with E-state index >= 15 is 0 Å². The summed E-state index contributed by atoms with van der Waals surface area (Å²) in [4.78, 5) is 19.0. The molecule has 1 aromatic heterocycles. The van der Waals surface area contributed by atoms with E-state index in [2.05, 4.69) is 30.3 Å². The van der Waals surface area contributed by atoms with Crippen LogP contribution in [0.2, 0.25) is 0 Å². The zero-order valence-electron chi connectivity index (χ0n) is 25.3. The van der Waals surface area contributed by atoms with E-state index < -0.39 is 25.5 Å². The summed E-state index contributed by atoms with van der Waals surface area (Å²) < 4.78 is 37.3. The van der Waals surface area contributed by atoms with Crippen molar-refractivity contribution in [2.24, 2.45) is 0 Å². The number of nitrogens with zero attached hydrogens (tertiary/aromatic N) is 1. The molecule has 43 heavy (non-hydrogen) atoms. The van der Waals surface area contributed by atoms with Crippen molar-refractivity contribution in [3.8, 4) is 0 Å². The number of pyridine rings is 1. The Bertz CT molecular complexity index is 1360. The number of benzene rings is 2. The van der Waals surface area contributed by atoms with Crippen LogP contribution in [0.3, 0.4) is 0 Å². The second-order valence-electron chi connectivity index (χ2n) is 9.92. The van der Waals surface area contributed by atoms with Gasteiger partial charge < -0.3 is 9.57 Å². The number of unbranched alkanes of at least 4 members (excludes halogenated alkanes) is 3. The number of carbonyl (C=O) groups is 1. The SMILES string of the molecule is CCOP(=O)(OCC)OC(CCCCCC=C(c1ccccc1)c1ccccc1)C(C)(OC)C(=O)On1ccccc1=S. The molecular formula is C33H42NO7PS. The molecule has 0 saturated heterocycles. The monoisotopic (exact) mass is 627 g/mol. The highest BCUT2D eigenvalue weighted by Crippen LogP contribution is 2.52. The van der Waals surface area contributed by atoms with Gasteiger partial charge in [0.15, 0.2) is 5.60 Å². The summed E-state index contributed by atoms with van der Waals surface area (Å²) in [5.41, 5.74) is 1.88. The molecule has 0 saturated carbocycles. The molecule has 2 unspecified atom stereocenters. The molecule has 2 atom stereocenters. The zero-order chi connectivity index (χ0) is 31.1.